The molecule has 1 N–H and O–H groups in total. The number of methoxy groups -OCH3 is 4. The van der Waals surface area contributed by atoms with Gasteiger partial charge in [-0.1, -0.05) is 12.1 Å². The Morgan fingerprint density at radius 2 is 1.48 bits per heavy atom. The molecule has 0 aliphatic heterocycles. The second-order valence-corrected chi connectivity index (χ2v) is 5.40. The maximum Gasteiger partial charge on any atom is 0.311 e. The van der Waals surface area contributed by atoms with Crippen LogP contribution >= 0.6 is 0 Å². The molecule has 25 heavy (non-hydrogen) atoms. The van der Waals surface area contributed by atoms with E-state index in [2.05, 4.69) is 0 Å². The lowest BCUT2D eigenvalue weighted by Gasteiger charge is -2.17. The molecule has 0 saturated carbocycles. The molecule has 0 spiro atoms. The molecule has 0 heterocycles. The molecule has 1 atom stereocenters. The molecule has 0 aromatic heterocycles. The van der Waals surface area contributed by atoms with E-state index >= 15 is 0 Å². The van der Waals surface area contributed by atoms with E-state index in [1.807, 2.05) is 0 Å². The summed E-state index contributed by atoms with van der Waals surface area (Å²) >= 11 is 0. The van der Waals surface area contributed by atoms with Crippen LogP contribution in [0.25, 0.3) is 0 Å². The standard InChI is InChI=1S/C19H22O6/c1-22-14-7-5-13(6-8-14)15(19(20)21)9-12-10-16(23-2)18(25-4)17(11-12)24-3/h5-8,10-11,15H,9H2,1-4H3,(H,20,21)/t15-/m1/s1. The van der Waals surface area contributed by atoms with Gasteiger partial charge in [-0.2, -0.15) is 0 Å². The Labute approximate surface area is 146 Å². The van der Waals surface area contributed by atoms with Gasteiger partial charge in [0.25, 0.3) is 0 Å². The van der Waals surface area contributed by atoms with Crippen LogP contribution in [0.3, 0.4) is 0 Å². The fourth-order valence-corrected chi connectivity index (χ4v) is 2.67. The molecule has 0 radical (unpaired) electrons. The van der Waals surface area contributed by atoms with Gasteiger partial charge in [0.1, 0.15) is 5.75 Å². The van der Waals surface area contributed by atoms with Gasteiger partial charge in [-0.15, -0.1) is 0 Å². The highest BCUT2D eigenvalue weighted by atomic mass is 16.5. The highest BCUT2D eigenvalue weighted by Gasteiger charge is 2.22. The van der Waals surface area contributed by atoms with Gasteiger partial charge >= 0.3 is 5.97 Å². The quantitative estimate of drug-likeness (QED) is 0.791. The van der Waals surface area contributed by atoms with Crippen LogP contribution < -0.4 is 18.9 Å². The van der Waals surface area contributed by atoms with Gasteiger partial charge in [0.15, 0.2) is 11.5 Å². The van der Waals surface area contributed by atoms with Crippen molar-refractivity contribution in [1.29, 1.82) is 0 Å². The Hall–Kier alpha value is -2.89. The highest BCUT2D eigenvalue weighted by Crippen LogP contribution is 2.39. The summed E-state index contributed by atoms with van der Waals surface area (Å²) in [6.45, 7) is 0. The van der Waals surface area contributed by atoms with Crippen LogP contribution in [0.1, 0.15) is 17.0 Å². The number of ether oxygens (including phenoxy) is 4. The second kappa shape index (κ2) is 8.28. The van der Waals surface area contributed by atoms with Crippen molar-refractivity contribution in [2.24, 2.45) is 0 Å². The molecule has 0 bridgehead atoms. The first kappa shape index (κ1) is 18.4. The van der Waals surface area contributed by atoms with Gasteiger partial charge in [-0.3, -0.25) is 4.79 Å². The SMILES string of the molecule is COc1ccc([C@@H](Cc2cc(OC)c(OC)c(OC)c2)C(=O)O)cc1. The minimum Gasteiger partial charge on any atom is -0.497 e. The number of benzene rings is 2. The topological polar surface area (TPSA) is 74.2 Å². The van der Waals surface area contributed by atoms with Crippen LogP contribution in [0.15, 0.2) is 36.4 Å². The van der Waals surface area contributed by atoms with Crippen molar-refractivity contribution < 1.29 is 28.8 Å². The molecule has 0 aliphatic rings. The lowest BCUT2D eigenvalue weighted by Crippen LogP contribution is -2.14. The average molecular weight is 346 g/mol. The maximum absolute atomic E-state index is 11.8. The molecule has 2 rings (SSSR count). The third kappa shape index (κ3) is 4.15. The fourth-order valence-electron chi connectivity index (χ4n) is 2.67. The first-order chi connectivity index (χ1) is 12.0. The summed E-state index contributed by atoms with van der Waals surface area (Å²) in [6.07, 6.45) is 0.290. The molecule has 134 valence electrons. The van der Waals surface area contributed by atoms with Crippen LogP contribution in [-0.4, -0.2) is 39.5 Å². The molecule has 0 aliphatic carbocycles. The number of rotatable bonds is 8. The fraction of sp³-hybridized carbons (Fsp3) is 0.316. The van der Waals surface area contributed by atoms with E-state index in [1.54, 1.807) is 43.5 Å². The van der Waals surface area contributed by atoms with Gasteiger partial charge < -0.3 is 24.1 Å². The highest BCUT2D eigenvalue weighted by molar-refractivity contribution is 5.76. The van der Waals surface area contributed by atoms with Crippen LogP contribution in [-0.2, 0) is 11.2 Å². The van der Waals surface area contributed by atoms with Gasteiger partial charge in [0.05, 0.1) is 34.4 Å². The summed E-state index contributed by atoms with van der Waals surface area (Å²) < 4.78 is 21.1. The third-order valence-corrected chi connectivity index (χ3v) is 3.98. The number of carbonyl (C=O) groups is 1. The van der Waals surface area contributed by atoms with Gasteiger partial charge in [0, 0.05) is 0 Å². The molecule has 0 saturated heterocycles. The minimum atomic E-state index is -0.904. The smallest absolute Gasteiger partial charge is 0.311 e. The number of hydrogen-bond donors (Lipinski definition) is 1. The summed E-state index contributed by atoms with van der Waals surface area (Å²) in [5, 5.41) is 9.65. The minimum absolute atomic E-state index is 0.290. The van der Waals surface area contributed by atoms with Crippen molar-refractivity contribution in [2.75, 3.05) is 28.4 Å². The average Bonchev–Trinajstić information content (AvgIpc) is 2.64. The van der Waals surface area contributed by atoms with E-state index in [4.69, 9.17) is 18.9 Å². The van der Waals surface area contributed by atoms with E-state index in [-0.39, 0.29) is 0 Å². The predicted molar refractivity (Wildman–Crippen MR) is 93.2 cm³/mol. The zero-order valence-corrected chi connectivity index (χ0v) is 14.7. The van der Waals surface area contributed by atoms with Crippen molar-refractivity contribution >= 4 is 5.97 Å². The van der Waals surface area contributed by atoms with Crippen LogP contribution in [0, 0.1) is 0 Å². The van der Waals surface area contributed by atoms with Gasteiger partial charge in [-0.05, 0) is 41.8 Å². The summed E-state index contributed by atoms with van der Waals surface area (Å²) in [4.78, 5) is 11.8. The van der Waals surface area contributed by atoms with E-state index < -0.39 is 11.9 Å². The zero-order chi connectivity index (χ0) is 18.4. The lowest BCUT2D eigenvalue weighted by atomic mass is 9.91. The van der Waals surface area contributed by atoms with Gasteiger partial charge in [0.2, 0.25) is 5.75 Å². The molecule has 6 heteroatoms. The van der Waals surface area contributed by atoms with Crippen molar-refractivity contribution in [1.82, 2.24) is 0 Å². The van der Waals surface area contributed by atoms with E-state index in [0.29, 0.717) is 35.0 Å². The molecule has 0 fully saturated rings. The lowest BCUT2D eigenvalue weighted by molar-refractivity contribution is -0.138. The number of hydrogen-bond acceptors (Lipinski definition) is 5. The Balaban J connectivity index is 2.37. The molecular weight excluding hydrogens is 324 g/mol. The Morgan fingerprint density at radius 3 is 1.88 bits per heavy atom. The summed E-state index contributed by atoms with van der Waals surface area (Å²) in [6, 6.07) is 10.5. The van der Waals surface area contributed by atoms with Crippen molar-refractivity contribution in [3.8, 4) is 23.0 Å². The van der Waals surface area contributed by atoms with Gasteiger partial charge in [-0.25, -0.2) is 0 Å². The van der Waals surface area contributed by atoms with Crippen molar-refractivity contribution in [2.45, 2.75) is 12.3 Å². The van der Waals surface area contributed by atoms with E-state index in [0.717, 1.165) is 5.56 Å². The Bertz CT molecular complexity index is 698. The van der Waals surface area contributed by atoms with Crippen LogP contribution in [0.5, 0.6) is 23.0 Å². The normalized spacial score (nSPS) is 11.5. The molecule has 2 aromatic carbocycles. The Kier molecular flexibility index (Phi) is 6.11. The second-order valence-electron chi connectivity index (χ2n) is 5.40. The predicted octanol–water partition coefficient (Wildman–Crippen LogP) is 3.13. The third-order valence-electron chi connectivity index (χ3n) is 3.98. The molecular formula is C19H22O6. The van der Waals surface area contributed by atoms with Crippen molar-refractivity contribution in [3.05, 3.63) is 47.5 Å². The van der Waals surface area contributed by atoms with Crippen LogP contribution in [0.2, 0.25) is 0 Å². The summed E-state index contributed by atoms with van der Waals surface area (Å²) in [7, 11) is 6.15. The first-order valence-corrected chi connectivity index (χ1v) is 7.69. The number of aliphatic carboxylic acids is 1. The zero-order valence-electron chi connectivity index (χ0n) is 14.7. The molecule has 2 aromatic rings. The number of carboxylic acids is 1. The largest absolute Gasteiger partial charge is 0.497 e. The monoisotopic (exact) mass is 346 g/mol. The van der Waals surface area contributed by atoms with E-state index in [1.165, 1.54) is 21.3 Å². The number of carboxylic acid groups (broad SMARTS) is 1. The summed E-state index contributed by atoms with van der Waals surface area (Å²) in [5.41, 5.74) is 1.47. The Morgan fingerprint density at radius 1 is 0.920 bits per heavy atom. The molecule has 0 unspecified atom stereocenters. The summed E-state index contributed by atoms with van der Waals surface area (Å²) in [5.74, 6) is 0.546. The van der Waals surface area contributed by atoms with Crippen LogP contribution in [0.4, 0.5) is 0 Å². The molecule has 0 amide bonds. The maximum atomic E-state index is 11.8. The van der Waals surface area contributed by atoms with Crippen molar-refractivity contribution in [3.63, 3.8) is 0 Å². The van der Waals surface area contributed by atoms with E-state index in [9.17, 15) is 9.90 Å². The molecule has 6 nitrogen and oxygen atoms in total. The first-order valence-electron chi connectivity index (χ1n) is 7.69.